The standard InChI is InChI=1S/C16H20ClNO6/c1-3-23-14-10(17)6-9(7-13(14)22-2)8-18-15(19)11-4-5-12(24-11)16(20)21/h6-7,11-12H,3-5,8H2,1-2H3,(H,18,19)(H,20,21)/t11-,12+/m0/s1. The van der Waals surface area contributed by atoms with Gasteiger partial charge in [0.25, 0.3) is 0 Å². The number of carboxylic acid groups (broad SMARTS) is 1. The maximum absolute atomic E-state index is 12.1. The summed E-state index contributed by atoms with van der Waals surface area (Å²) in [6, 6.07) is 3.41. The Morgan fingerprint density at radius 1 is 1.38 bits per heavy atom. The number of nitrogens with one attached hydrogen (secondary N) is 1. The maximum Gasteiger partial charge on any atom is 0.332 e. The predicted molar refractivity (Wildman–Crippen MR) is 86.6 cm³/mol. The molecule has 1 amide bonds. The van der Waals surface area contributed by atoms with Crippen LogP contribution in [-0.2, 0) is 20.9 Å². The number of carbonyl (C=O) groups is 2. The van der Waals surface area contributed by atoms with Crippen molar-refractivity contribution in [3.8, 4) is 11.5 Å². The molecule has 0 aliphatic carbocycles. The highest BCUT2D eigenvalue weighted by atomic mass is 35.5. The van der Waals surface area contributed by atoms with Gasteiger partial charge in [0, 0.05) is 6.54 Å². The molecule has 0 saturated carbocycles. The Hall–Kier alpha value is -1.99. The highest BCUT2D eigenvalue weighted by Gasteiger charge is 2.34. The summed E-state index contributed by atoms with van der Waals surface area (Å²) in [6.07, 6.45) is -0.946. The molecule has 24 heavy (non-hydrogen) atoms. The van der Waals surface area contributed by atoms with Crippen molar-refractivity contribution in [3.05, 3.63) is 22.7 Å². The molecule has 1 saturated heterocycles. The lowest BCUT2D eigenvalue weighted by molar-refractivity contribution is -0.151. The van der Waals surface area contributed by atoms with Gasteiger partial charge >= 0.3 is 5.97 Å². The molecule has 0 aromatic heterocycles. The van der Waals surface area contributed by atoms with Crippen molar-refractivity contribution in [1.29, 1.82) is 0 Å². The molecule has 7 nitrogen and oxygen atoms in total. The van der Waals surface area contributed by atoms with Gasteiger partial charge in [-0.3, -0.25) is 4.79 Å². The van der Waals surface area contributed by atoms with E-state index in [0.717, 1.165) is 5.56 Å². The van der Waals surface area contributed by atoms with Gasteiger partial charge in [0.15, 0.2) is 17.6 Å². The summed E-state index contributed by atoms with van der Waals surface area (Å²) in [5, 5.41) is 12.0. The van der Waals surface area contributed by atoms with Crippen molar-refractivity contribution >= 4 is 23.5 Å². The van der Waals surface area contributed by atoms with Crippen LogP contribution in [0.3, 0.4) is 0 Å². The Morgan fingerprint density at radius 3 is 2.67 bits per heavy atom. The van der Waals surface area contributed by atoms with Gasteiger partial charge < -0.3 is 24.6 Å². The highest BCUT2D eigenvalue weighted by Crippen LogP contribution is 2.36. The summed E-state index contributed by atoms with van der Waals surface area (Å²) < 4.78 is 15.9. The minimum atomic E-state index is -1.05. The number of benzene rings is 1. The van der Waals surface area contributed by atoms with E-state index >= 15 is 0 Å². The van der Waals surface area contributed by atoms with E-state index in [4.69, 9.17) is 30.9 Å². The largest absolute Gasteiger partial charge is 0.493 e. The Kier molecular flexibility index (Phi) is 6.28. The fourth-order valence-electron chi connectivity index (χ4n) is 2.47. The minimum Gasteiger partial charge on any atom is -0.493 e. The second kappa shape index (κ2) is 8.21. The fourth-order valence-corrected chi connectivity index (χ4v) is 2.76. The van der Waals surface area contributed by atoms with E-state index in [1.807, 2.05) is 6.92 Å². The number of rotatable bonds is 7. The molecule has 0 unspecified atom stereocenters. The van der Waals surface area contributed by atoms with Crippen LogP contribution in [0.15, 0.2) is 12.1 Å². The van der Waals surface area contributed by atoms with E-state index in [9.17, 15) is 9.59 Å². The third-order valence-corrected chi connectivity index (χ3v) is 3.91. The van der Waals surface area contributed by atoms with Gasteiger partial charge in [0.2, 0.25) is 5.91 Å². The summed E-state index contributed by atoms with van der Waals surface area (Å²) >= 11 is 6.18. The average Bonchev–Trinajstić information content (AvgIpc) is 3.05. The molecule has 2 N–H and O–H groups in total. The average molecular weight is 358 g/mol. The van der Waals surface area contributed by atoms with E-state index in [0.29, 0.717) is 36.0 Å². The second-order valence-corrected chi connectivity index (χ2v) is 5.70. The molecular formula is C16H20ClNO6. The van der Waals surface area contributed by atoms with Crippen LogP contribution >= 0.6 is 11.6 Å². The lowest BCUT2D eigenvalue weighted by Gasteiger charge is -2.15. The highest BCUT2D eigenvalue weighted by molar-refractivity contribution is 6.32. The summed E-state index contributed by atoms with van der Waals surface area (Å²) in [6.45, 7) is 2.52. The van der Waals surface area contributed by atoms with Crippen molar-refractivity contribution < 1.29 is 28.9 Å². The summed E-state index contributed by atoms with van der Waals surface area (Å²) in [4.78, 5) is 22.9. The first-order chi connectivity index (χ1) is 11.5. The topological polar surface area (TPSA) is 94.1 Å². The Labute approximate surface area is 144 Å². The molecule has 2 rings (SSSR count). The molecule has 0 bridgehead atoms. The van der Waals surface area contributed by atoms with Gasteiger partial charge in [-0.2, -0.15) is 0 Å². The monoisotopic (exact) mass is 357 g/mol. The Bertz CT molecular complexity index is 621. The van der Waals surface area contributed by atoms with Crippen LogP contribution in [0.1, 0.15) is 25.3 Å². The van der Waals surface area contributed by atoms with Gasteiger partial charge in [-0.15, -0.1) is 0 Å². The molecule has 132 valence electrons. The van der Waals surface area contributed by atoms with Crippen LogP contribution in [-0.4, -0.2) is 42.9 Å². The van der Waals surface area contributed by atoms with Gasteiger partial charge in [-0.05, 0) is 37.5 Å². The number of carboxylic acids is 1. The van der Waals surface area contributed by atoms with Crippen LogP contribution in [0.2, 0.25) is 5.02 Å². The molecule has 1 heterocycles. The van der Waals surface area contributed by atoms with Crippen molar-refractivity contribution in [2.24, 2.45) is 0 Å². The number of ether oxygens (including phenoxy) is 3. The van der Waals surface area contributed by atoms with Crippen LogP contribution in [0.5, 0.6) is 11.5 Å². The molecule has 0 radical (unpaired) electrons. The predicted octanol–water partition coefficient (Wildman–Crippen LogP) is 2.00. The molecule has 0 spiro atoms. The van der Waals surface area contributed by atoms with Crippen molar-refractivity contribution in [2.75, 3.05) is 13.7 Å². The number of hydrogen-bond acceptors (Lipinski definition) is 5. The molecule has 1 fully saturated rings. The normalized spacial score (nSPS) is 19.8. The van der Waals surface area contributed by atoms with Crippen LogP contribution < -0.4 is 14.8 Å². The first-order valence-electron chi connectivity index (χ1n) is 7.61. The van der Waals surface area contributed by atoms with E-state index in [-0.39, 0.29) is 12.5 Å². The zero-order chi connectivity index (χ0) is 17.7. The molecule has 2 atom stereocenters. The quantitative estimate of drug-likeness (QED) is 0.775. The van der Waals surface area contributed by atoms with Gasteiger partial charge in [-0.1, -0.05) is 11.6 Å². The number of hydrogen-bond donors (Lipinski definition) is 2. The van der Waals surface area contributed by atoms with Gasteiger partial charge in [0.05, 0.1) is 18.7 Å². The molecule has 1 aliphatic rings. The molecule has 1 aromatic rings. The molecule has 8 heteroatoms. The summed E-state index contributed by atoms with van der Waals surface area (Å²) in [7, 11) is 1.51. The third-order valence-electron chi connectivity index (χ3n) is 3.63. The van der Waals surface area contributed by atoms with E-state index in [1.54, 1.807) is 12.1 Å². The summed E-state index contributed by atoms with van der Waals surface area (Å²) in [5.41, 5.74) is 0.737. The SMILES string of the molecule is CCOc1c(Cl)cc(CNC(=O)[C@@H]2CC[C@H](C(=O)O)O2)cc1OC. The van der Waals surface area contributed by atoms with Crippen molar-refractivity contribution in [1.82, 2.24) is 5.32 Å². The second-order valence-electron chi connectivity index (χ2n) is 5.29. The maximum atomic E-state index is 12.1. The molecule has 1 aromatic carbocycles. The van der Waals surface area contributed by atoms with E-state index in [2.05, 4.69) is 5.32 Å². The lowest BCUT2D eigenvalue weighted by atomic mass is 10.1. The lowest BCUT2D eigenvalue weighted by Crippen LogP contribution is -2.35. The number of methoxy groups -OCH3 is 1. The fraction of sp³-hybridized carbons (Fsp3) is 0.500. The number of aliphatic carboxylic acids is 1. The van der Waals surface area contributed by atoms with E-state index in [1.165, 1.54) is 7.11 Å². The van der Waals surface area contributed by atoms with Gasteiger partial charge in [0.1, 0.15) is 6.10 Å². The zero-order valence-corrected chi connectivity index (χ0v) is 14.3. The number of carbonyl (C=O) groups excluding carboxylic acids is 1. The zero-order valence-electron chi connectivity index (χ0n) is 13.5. The third kappa shape index (κ3) is 4.30. The molecular weight excluding hydrogens is 338 g/mol. The Morgan fingerprint density at radius 2 is 2.08 bits per heavy atom. The molecule has 1 aliphatic heterocycles. The summed E-state index contributed by atoms with van der Waals surface area (Å²) in [5.74, 6) is -0.451. The smallest absolute Gasteiger partial charge is 0.332 e. The van der Waals surface area contributed by atoms with Crippen LogP contribution in [0.4, 0.5) is 0 Å². The first kappa shape index (κ1) is 18.4. The minimum absolute atomic E-state index is 0.221. The number of amides is 1. The van der Waals surface area contributed by atoms with Crippen LogP contribution in [0, 0.1) is 0 Å². The van der Waals surface area contributed by atoms with Crippen LogP contribution in [0.25, 0.3) is 0 Å². The van der Waals surface area contributed by atoms with Crippen molar-refractivity contribution in [2.45, 2.75) is 38.5 Å². The number of halogens is 1. The first-order valence-corrected chi connectivity index (χ1v) is 7.99. The Balaban J connectivity index is 1.98. The van der Waals surface area contributed by atoms with Crippen molar-refractivity contribution in [3.63, 3.8) is 0 Å². The van der Waals surface area contributed by atoms with E-state index < -0.39 is 18.2 Å². The van der Waals surface area contributed by atoms with Gasteiger partial charge in [-0.25, -0.2) is 4.79 Å².